The Kier molecular flexibility index (Phi) is 14.0. The molecule has 3 aromatic rings. The molecule has 13 heteroatoms. The zero-order valence-corrected chi connectivity index (χ0v) is 25.6. The highest BCUT2D eigenvalue weighted by atomic mass is 19.4. The van der Waals surface area contributed by atoms with Crippen LogP contribution in [0.3, 0.4) is 0 Å². The van der Waals surface area contributed by atoms with Crippen LogP contribution < -0.4 is 10.9 Å². The van der Waals surface area contributed by atoms with Gasteiger partial charge in [0, 0.05) is 31.1 Å². The Morgan fingerprint density at radius 3 is 2.14 bits per heavy atom. The number of carbonyl (C=O) groups excluding carboxylic acids is 1. The number of H-pyrrole nitrogens is 1. The molecule has 3 aromatic heterocycles. The van der Waals surface area contributed by atoms with Gasteiger partial charge in [0.2, 0.25) is 0 Å². The van der Waals surface area contributed by atoms with Gasteiger partial charge in [0.05, 0.1) is 28.9 Å². The molecule has 1 fully saturated rings. The molecule has 42 heavy (non-hydrogen) atoms. The number of amides is 1. The molecule has 2 N–H and O–H groups in total. The molecule has 1 aliphatic rings. The Morgan fingerprint density at radius 2 is 1.62 bits per heavy atom. The molecular weight excluding hydrogens is 559 g/mol. The first-order valence-corrected chi connectivity index (χ1v) is 14.2. The second-order valence-electron chi connectivity index (χ2n) is 9.02. The Labute approximate surface area is 243 Å². The zero-order valence-electron chi connectivity index (χ0n) is 25.6. The number of hydrogen-bond donors (Lipinski definition) is 2. The summed E-state index contributed by atoms with van der Waals surface area (Å²) in [6.45, 7) is 16.5. The van der Waals surface area contributed by atoms with Crippen LogP contribution in [0.25, 0.3) is 11.0 Å². The monoisotopic (exact) mass is 600 g/mol. The van der Waals surface area contributed by atoms with Crippen LogP contribution >= 0.6 is 0 Å². The van der Waals surface area contributed by atoms with Crippen LogP contribution in [0.2, 0.25) is 0 Å². The number of aryl methyl sites for hydroxylation is 1. The first-order valence-electron chi connectivity index (χ1n) is 14.2. The van der Waals surface area contributed by atoms with Gasteiger partial charge >= 0.3 is 6.18 Å². The molecule has 4 heterocycles. The number of aromatic amines is 1. The highest BCUT2D eigenvalue weighted by Gasteiger charge is 2.36. The van der Waals surface area contributed by atoms with Gasteiger partial charge in [0.15, 0.2) is 17.2 Å². The van der Waals surface area contributed by atoms with Crippen molar-refractivity contribution in [1.29, 1.82) is 0 Å². The van der Waals surface area contributed by atoms with E-state index in [2.05, 4.69) is 25.3 Å². The summed E-state index contributed by atoms with van der Waals surface area (Å²) in [4.78, 5) is 40.3. The van der Waals surface area contributed by atoms with E-state index in [4.69, 9.17) is 0 Å². The Morgan fingerprint density at radius 1 is 1.05 bits per heavy atom. The van der Waals surface area contributed by atoms with Crippen LogP contribution in [0.15, 0.2) is 23.1 Å². The van der Waals surface area contributed by atoms with Gasteiger partial charge in [0.1, 0.15) is 12.0 Å². The molecule has 4 rings (SSSR count). The maximum Gasteiger partial charge on any atom is 0.418 e. The minimum Gasteiger partial charge on any atom is -0.362 e. The second kappa shape index (κ2) is 16.1. The second-order valence-corrected chi connectivity index (χ2v) is 9.02. The third kappa shape index (κ3) is 8.68. The van der Waals surface area contributed by atoms with Crippen molar-refractivity contribution in [1.82, 2.24) is 24.8 Å². The maximum atomic E-state index is 14.7. The van der Waals surface area contributed by atoms with E-state index in [1.165, 1.54) is 11.8 Å². The SMILES string of the molecule is CC.CC.CC.Cc1nc2cc(C(F)(F)F)c(CNc3ncc(C(=O)N4CC(C)C(F)C(C)C4)cc3F)nc2c(=O)[nH]1. The van der Waals surface area contributed by atoms with Crippen LogP contribution in [0.5, 0.6) is 0 Å². The molecule has 1 saturated heterocycles. The fraction of sp³-hybridized carbons (Fsp3) is 0.552. The molecule has 0 aromatic carbocycles. The number of hydrogen-bond acceptors (Lipinski definition) is 6. The summed E-state index contributed by atoms with van der Waals surface area (Å²) in [5.74, 6) is -2.50. The van der Waals surface area contributed by atoms with Crippen molar-refractivity contribution >= 4 is 22.8 Å². The molecule has 0 aliphatic carbocycles. The maximum absolute atomic E-state index is 14.7. The lowest BCUT2D eigenvalue weighted by atomic mass is 9.89. The molecule has 234 valence electrons. The van der Waals surface area contributed by atoms with Crippen molar-refractivity contribution in [2.24, 2.45) is 11.8 Å². The van der Waals surface area contributed by atoms with Crippen molar-refractivity contribution in [3.05, 3.63) is 57.1 Å². The summed E-state index contributed by atoms with van der Waals surface area (Å²) in [7, 11) is 0. The Hall–Kier alpha value is -3.64. The van der Waals surface area contributed by atoms with Gasteiger partial charge in [-0.05, 0) is 19.1 Å². The summed E-state index contributed by atoms with van der Waals surface area (Å²) in [6, 6.07) is 1.64. The van der Waals surface area contributed by atoms with Gasteiger partial charge in [-0.1, -0.05) is 55.4 Å². The normalized spacial score (nSPS) is 18.0. The van der Waals surface area contributed by atoms with Gasteiger partial charge < -0.3 is 15.2 Å². The third-order valence-electron chi connectivity index (χ3n) is 6.09. The predicted octanol–water partition coefficient (Wildman–Crippen LogP) is 6.94. The average molecular weight is 601 g/mol. The summed E-state index contributed by atoms with van der Waals surface area (Å²) < 4.78 is 69.7. The number of halogens is 5. The standard InChI is InChI=1S/C23H23F5N6O2.3C2H6/c1-10-8-34(9-11(2)18(10)25)22(36)13-4-15(24)20(29-6-13)30-7-17-14(23(26,27)28)5-16-19(33-17)21(35)32-12(3)31-16;3*1-2/h4-6,10-11,18H,7-9H2,1-3H3,(H,29,30)(H,31,32,35);3*1-2H3. The molecule has 8 nitrogen and oxygen atoms in total. The van der Waals surface area contributed by atoms with Crippen molar-refractivity contribution < 1.29 is 26.7 Å². The largest absolute Gasteiger partial charge is 0.418 e. The first-order chi connectivity index (χ1) is 19.8. The molecule has 1 amide bonds. The van der Waals surface area contributed by atoms with E-state index < -0.39 is 53.3 Å². The van der Waals surface area contributed by atoms with Crippen LogP contribution in [0, 0.1) is 24.6 Å². The number of rotatable bonds is 4. The molecule has 0 bridgehead atoms. The van der Waals surface area contributed by atoms with Gasteiger partial charge in [0.25, 0.3) is 11.5 Å². The van der Waals surface area contributed by atoms with Crippen molar-refractivity contribution in [2.75, 3.05) is 18.4 Å². The zero-order chi connectivity index (χ0) is 32.4. The first kappa shape index (κ1) is 36.4. The van der Waals surface area contributed by atoms with E-state index in [9.17, 15) is 31.5 Å². The topological polar surface area (TPSA) is 104 Å². The lowest BCUT2D eigenvalue weighted by Gasteiger charge is -2.37. The number of aromatic nitrogens is 4. The molecule has 1 aliphatic heterocycles. The number of nitrogens with zero attached hydrogens (tertiary/aromatic N) is 4. The molecule has 0 saturated carbocycles. The number of piperidine rings is 1. The number of carbonyl (C=O) groups is 1. The highest BCUT2D eigenvalue weighted by molar-refractivity contribution is 5.94. The van der Waals surface area contributed by atoms with E-state index in [0.29, 0.717) is 0 Å². The van der Waals surface area contributed by atoms with Crippen molar-refractivity contribution in [3.63, 3.8) is 0 Å². The lowest BCUT2D eigenvalue weighted by Crippen LogP contribution is -2.48. The molecule has 0 spiro atoms. The minimum atomic E-state index is -4.81. The van der Waals surface area contributed by atoms with Gasteiger partial charge in [-0.3, -0.25) is 9.59 Å². The fourth-order valence-electron chi connectivity index (χ4n) is 4.34. The van der Waals surface area contributed by atoms with Crippen molar-refractivity contribution in [3.8, 4) is 0 Å². The minimum absolute atomic E-state index is 0.0671. The third-order valence-corrected chi connectivity index (χ3v) is 6.09. The van der Waals surface area contributed by atoms with Crippen molar-refractivity contribution in [2.45, 2.75) is 81.2 Å². The molecular formula is C29H41F5N6O2. The van der Waals surface area contributed by atoms with E-state index >= 15 is 0 Å². The number of pyridine rings is 2. The molecule has 2 unspecified atom stereocenters. The fourth-order valence-corrected chi connectivity index (χ4v) is 4.34. The number of likely N-dealkylation sites (tertiary alicyclic amines) is 1. The number of fused-ring (bicyclic) bond motifs is 1. The highest BCUT2D eigenvalue weighted by Crippen LogP contribution is 2.33. The van der Waals surface area contributed by atoms with E-state index in [1.54, 1.807) is 13.8 Å². The Balaban J connectivity index is 0.00000138. The van der Waals surface area contributed by atoms with Crippen LogP contribution in [-0.4, -0.2) is 50.0 Å². The number of anilines is 1. The molecule has 0 radical (unpaired) electrons. The smallest absolute Gasteiger partial charge is 0.362 e. The molecule has 2 atom stereocenters. The quantitative estimate of drug-likeness (QED) is 0.315. The van der Waals surface area contributed by atoms with Gasteiger partial charge in [-0.15, -0.1) is 0 Å². The van der Waals surface area contributed by atoms with E-state index in [1.807, 2.05) is 41.5 Å². The average Bonchev–Trinajstić information content (AvgIpc) is 2.97. The summed E-state index contributed by atoms with van der Waals surface area (Å²) in [5, 5.41) is 2.45. The predicted molar refractivity (Wildman–Crippen MR) is 155 cm³/mol. The van der Waals surface area contributed by atoms with Gasteiger partial charge in [-0.25, -0.2) is 23.7 Å². The van der Waals surface area contributed by atoms with Crippen LogP contribution in [-0.2, 0) is 12.7 Å². The summed E-state index contributed by atoms with van der Waals surface area (Å²) in [6.07, 6.45) is -4.75. The van der Waals surface area contributed by atoms with Crippen LogP contribution in [0.4, 0.5) is 27.8 Å². The lowest BCUT2D eigenvalue weighted by molar-refractivity contribution is -0.138. The van der Waals surface area contributed by atoms with E-state index in [0.717, 1.165) is 18.3 Å². The van der Waals surface area contributed by atoms with Gasteiger partial charge in [-0.2, -0.15) is 13.2 Å². The van der Waals surface area contributed by atoms with E-state index in [-0.39, 0.29) is 47.3 Å². The van der Waals surface area contributed by atoms with Crippen LogP contribution in [0.1, 0.15) is 82.8 Å². The number of alkyl halides is 4. The summed E-state index contributed by atoms with van der Waals surface area (Å²) >= 11 is 0. The number of nitrogens with one attached hydrogen (secondary N) is 2. The summed E-state index contributed by atoms with van der Waals surface area (Å²) in [5.41, 5.74) is -2.97. The Bertz CT molecular complexity index is 1370.